The lowest BCUT2D eigenvalue weighted by molar-refractivity contribution is 0.333. The number of fused-ring (bicyclic) bond motifs is 1. The van der Waals surface area contributed by atoms with Crippen LogP contribution in [-0.4, -0.2) is 41.2 Å². The van der Waals surface area contributed by atoms with Gasteiger partial charge in [0.05, 0.1) is 17.5 Å². The number of rotatable bonds is 2. The summed E-state index contributed by atoms with van der Waals surface area (Å²) in [7, 11) is -2.87. The van der Waals surface area contributed by atoms with Gasteiger partial charge < -0.3 is 9.88 Å². The Kier molecular flexibility index (Phi) is 3.13. The minimum atomic E-state index is -2.87. The van der Waals surface area contributed by atoms with Gasteiger partial charge in [0.2, 0.25) is 0 Å². The van der Waals surface area contributed by atoms with Crippen LogP contribution in [0.3, 0.4) is 0 Å². The lowest BCUT2D eigenvalue weighted by atomic mass is 10.0. The first-order valence-corrected chi connectivity index (χ1v) is 8.67. The molecule has 3 rings (SSSR count). The van der Waals surface area contributed by atoms with Crippen LogP contribution in [0.5, 0.6) is 0 Å². The Hall–Kier alpha value is -0.950. The van der Waals surface area contributed by atoms with Gasteiger partial charge in [-0.1, -0.05) is 13.8 Å². The number of sulfone groups is 1. The Labute approximate surface area is 113 Å². The fourth-order valence-electron chi connectivity index (χ4n) is 3.04. The maximum Gasteiger partial charge on any atom is 0.151 e. The molecule has 1 saturated heterocycles. The Morgan fingerprint density at radius 2 is 2.05 bits per heavy atom. The van der Waals surface area contributed by atoms with Crippen LogP contribution in [0.1, 0.15) is 43.9 Å². The fourth-order valence-corrected chi connectivity index (χ4v) is 4.78. The zero-order valence-corrected chi connectivity index (χ0v) is 12.2. The molecular formula is C12H20N4O2S. The van der Waals surface area contributed by atoms with Gasteiger partial charge >= 0.3 is 0 Å². The van der Waals surface area contributed by atoms with E-state index in [-0.39, 0.29) is 23.5 Å². The quantitative estimate of drug-likeness (QED) is 0.855. The molecule has 1 aromatic rings. The molecule has 0 aliphatic carbocycles. The lowest BCUT2D eigenvalue weighted by Crippen LogP contribution is -2.37. The molecule has 2 unspecified atom stereocenters. The molecule has 19 heavy (non-hydrogen) atoms. The first-order chi connectivity index (χ1) is 8.98. The van der Waals surface area contributed by atoms with Gasteiger partial charge in [0.15, 0.2) is 15.7 Å². The highest BCUT2D eigenvalue weighted by Crippen LogP contribution is 2.31. The second-order valence-corrected chi connectivity index (χ2v) is 8.07. The van der Waals surface area contributed by atoms with Gasteiger partial charge in [-0.25, -0.2) is 8.42 Å². The van der Waals surface area contributed by atoms with Crippen molar-refractivity contribution in [3.8, 4) is 0 Å². The van der Waals surface area contributed by atoms with E-state index in [1.54, 1.807) is 0 Å². The van der Waals surface area contributed by atoms with E-state index >= 15 is 0 Å². The predicted molar refractivity (Wildman–Crippen MR) is 71.6 cm³/mol. The molecular weight excluding hydrogens is 264 g/mol. The van der Waals surface area contributed by atoms with E-state index < -0.39 is 9.84 Å². The van der Waals surface area contributed by atoms with Crippen molar-refractivity contribution in [1.82, 2.24) is 20.1 Å². The SMILES string of the molecule is CC(C)C1NCCn2c(C3CCS(=O)(=O)C3)nnc21. The molecule has 7 heteroatoms. The van der Waals surface area contributed by atoms with Crippen LogP contribution in [0.4, 0.5) is 0 Å². The minimum Gasteiger partial charge on any atom is -0.312 e. The van der Waals surface area contributed by atoms with Crippen molar-refractivity contribution >= 4 is 9.84 Å². The van der Waals surface area contributed by atoms with E-state index in [4.69, 9.17) is 0 Å². The second kappa shape index (κ2) is 4.56. The van der Waals surface area contributed by atoms with Crippen LogP contribution < -0.4 is 5.32 Å². The molecule has 2 aliphatic heterocycles. The van der Waals surface area contributed by atoms with Gasteiger partial charge in [0.25, 0.3) is 0 Å². The summed E-state index contributed by atoms with van der Waals surface area (Å²) < 4.78 is 25.3. The summed E-state index contributed by atoms with van der Waals surface area (Å²) in [5.41, 5.74) is 0. The van der Waals surface area contributed by atoms with E-state index in [2.05, 4.69) is 33.9 Å². The van der Waals surface area contributed by atoms with E-state index in [1.807, 2.05) is 0 Å². The molecule has 2 atom stereocenters. The molecule has 106 valence electrons. The fraction of sp³-hybridized carbons (Fsp3) is 0.833. The summed E-state index contributed by atoms with van der Waals surface area (Å²) in [6.45, 7) is 6.03. The molecule has 2 aliphatic rings. The summed E-state index contributed by atoms with van der Waals surface area (Å²) in [5.74, 6) is 2.81. The second-order valence-electron chi connectivity index (χ2n) is 5.84. The Bertz CT molecular complexity index is 579. The summed E-state index contributed by atoms with van der Waals surface area (Å²) in [4.78, 5) is 0. The summed E-state index contributed by atoms with van der Waals surface area (Å²) in [5, 5.41) is 12.0. The number of nitrogens with one attached hydrogen (secondary N) is 1. The zero-order valence-electron chi connectivity index (χ0n) is 11.3. The van der Waals surface area contributed by atoms with Crippen LogP contribution >= 0.6 is 0 Å². The van der Waals surface area contributed by atoms with Crippen molar-refractivity contribution in [1.29, 1.82) is 0 Å². The van der Waals surface area contributed by atoms with Crippen LogP contribution in [0.2, 0.25) is 0 Å². The van der Waals surface area contributed by atoms with Crippen molar-refractivity contribution in [3.63, 3.8) is 0 Å². The average molecular weight is 284 g/mol. The van der Waals surface area contributed by atoms with Gasteiger partial charge in [0.1, 0.15) is 5.82 Å². The summed E-state index contributed by atoms with van der Waals surface area (Å²) in [6, 6.07) is 0.216. The van der Waals surface area contributed by atoms with Crippen molar-refractivity contribution in [3.05, 3.63) is 11.6 Å². The highest BCUT2D eigenvalue weighted by atomic mass is 32.2. The Balaban J connectivity index is 1.93. The van der Waals surface area contributed by atoms with Gasteiger partial charge in [-0.3, -0.25) is 0 Å². The third kappa shape index (κ3) is 2.29. The van der Waals surface area contributed by atoms with Crippen molar-refractivity contribution < 1.29 is 8.42 Å². The number of hydrogen-bond donors (Lipinski definition) is 1. The lowest BCUT2D eigenvalue weighted by Gasteiger charge is -2.28. The zero-order chi connectivity index (χ0) is 13.6. The number of aromatic nitrogens is 3. The highest BCUT2D eigenvalue weighted by molar-refractivity contribution is 7.91. The van der Waals surface area contributed by atoms with Crippen molar-refractivity contribution in [2.45, 2.75) is 38.8 Å². The molecule has 1 aromatic heterocycles. The molecule has 0 saturated carbocycles. The Morgan fingerprint density at radius 3 is 2.68 bits per heavy atom. The molecule has 3 heterocycles. The Morgan fingerprint density at radius 1 is 1.32 bits per heavy atom. The van der Waals surface area contributed by atoms with E-state index in [0.29, 0.717) is 12.3 Å². The highest BCUT2D eigenvalue weighted by Gasteiger charge is 2.35. The number of hydrogen-bond acceptors (Lipinski definition) is 5. The molecule has 0 aromatic carbocycles. The molecule has 1 N–H and O–H groups in total. The van der Waals surface area contributed by atoms with Gasteiger partial charge in [-0.15, -0.1) is 10.2 Å². The summed E-state index contributed by atoms with van der Waals surface area (Å²) in [6.07, 6.45) is 0.681. The van der Waals surface area contributed by atoms with E-state index in [0.717, 1.165) is 24.7 Å². The molecule has 0 radical (unpaired) electrons. The van der Waals surface area contributed by atoms with Crippen LogP contribution in [0.25, 0.3) is 0 Å². The van der Waals surface area contributed by atoms with Crippen LogP contribution in [0, 0.1) is 5.92 Å². The first-order valence-electron chi connectivity index (χ1n) is 6.85. The smallest absolute Gasteiger partial charge is 0.151 e. The standard InChI is InChI=1S/C12H20N4O2S/c1-8(2)10-12-15-14-11(16(12)5-4-13-10)9-3-6-19(17,18)7-9/h8-10,13H,3-7H2,1-2H3. The third-order valence-corrected chi connectivity index (χ3v) is 5.82. The topological polar surface area (TPSA) is 76.9 Å². The first kappa shape index (κ1) is 13.1. The molecule has 0 spiro atoms. The normalized spacial score (nSPS) is 29.6. The van der Waals surface area contributed by atoms with Crippen LogP contribution in [-0.2, 0) is 16.4 Å². The minimum absolute atomic E-state index is 0.0252. The predicted octanol–water partition coefficient (Wildman–Crippen LogP) is 0.480. The number of nitrogens with zero attached hydrogens (tertiary/aromatic N) is 3. The monoisotopic (exact) mass is 284 g/mol. The largest absolute Gasteiger partial charge is 0.312 e. The maximum atomic E-state index is 11.6. The van der Waals surface area contributed by atoms with E-state index in [1.165, 1.54) is 0 Å². The molecule has 0 amide bonds. The van der Waals surface area contributed by atoms with Gasteiger partial charge in [-0.05, 0) is 12.3 Å². The average Bonchev–Trinajstić information content (AvgIpc) is 2.91. The van der Waals surface area contributed by atoms with Gasteiger partial charge in [-0.2, -0.15) is 0 Å². The van der Waals surface area contributed by atoms with Gasteiger partial charge in [0, 0.05) is 19.0 Å². The van der Waals surface area contributed by atoms with Crippen molar-refractivity contribution in [2.75, 3.05) is 18.1 Å². The maximum absolute atomic E-state index is 11.6. The molecule has 6 nitrogen and oxygen atoms in total. The van der Waals surface area contributed by atoms with E-state index in [9.17, 15) is 8.42 Å². The van der Waals surface area contributed by atoms with Crippen molar-refractivity contribution in [2.24, 2.45) is 5.92 Å². The van der Waals surface area contributed by atoms with Crippen LogP contribution in [0.15, 0.2) is 0 Å². The summed E-state index contributed by atoms with van der Waals surface area (Å²) >= 11 is 0. The molecule has 1 fully saturated rings. The third-order valence-electron chi connectivity index (χ3n) is 4.05. The molecule has 0 bridgehead atoms.